The van der Waals surface area contributed by atoms with Crippen molar-refractivity contribution in [2.75, 3.05) is 0 Å². The van der Waals surface area contributed by atoms with Crippen LogP contribution in [0.4, 0.5) is 4.39 Å². The average molecular weight is 260 g/mol. The van der Waals surface area contributed by atoms with Gasteiger partial charge >= 0.3 is 0 Å². The highest BCUT2D eigenvalue weighted by Gasteiger charge is 2.14. The van der Waals surface area contributed by atoms with Gasteiger partial charge in [-0.25, -0.2) is 9.37 Å². The van der Waals surface area contributed by atoms with Gasteiger partial charge in [-0.1, -0.05) is 26.0 Å². The fourth-order valence-corrected chi connectivity index (χ4v) is 2.05. The van der Waals surface area contributed by atoms with E-state index in [9.17, 15) is 9.18 Å². The summed E-state index contributed by atoms with van der Waals surface area (Å²) in [5, 5.41) is 0. The van der Waals surface area contributed by atoms with Gasteiger partial charge in [0.25, 0.3) is 0 Å². The number of imidazole rings is 1. The van der Waals surface area contributed by atoms with Crippen LogP contribution in [0.15, 0.2) is 30.5 Å². The number of carbonyl (C=O) groups excluding carboxylic acids is 1. The summed E-state index contributed by atoms with van der Waals surface area (Å²) in [6.45, 7) is 4.74. The molecule has 0 bridgehead atoms. The number of carbonyl (C=O) groups is 1. The molecule has 0 fully saturated rings. The number of nitrogens with zero attached hydrogens (tertiary/aromatic N) is 2. The lowest BCUT2D eigenvalue weighted by Crippen LogP contribution is -2.10. The molecule has 2 aromatic rings. The maximum atomic E-state index is 12.9. The molecule has 0 N–H and O–H groups in total. The Morgan fingerprint density at radius 3 is 2.63 bits per heavy atom. The molecule has 0 amide bonds. The van der Waals surface area contributed by atoms with Crippen LogP contribution in [0, 0.1) is 5.82 Å². The van der Waals surface area contributed by atoms with Crippen LogP contribution in [0.3, 0.4) is 0 Å². The molecular formula is C15H17FN2O. The Labute approximate surface area is 112 Å². The van der Waals surface area contributed by atoms with Crippen LogP contribution < -0.4 is 0 Å². The van der Waals surface area contributed by atoms with Crippen LogP contribution in [-0.4, -0.2) is 15.8 Å². The molecule has 0 aliphatic carbocycles. The van der Waals surface area contributed by atoms with Crippen molar-refractivity contribution in [2.24, 2.45) is 0 Å². The van der Waals surface area contributed by atoms with Crippen LogP contribution in [0.25, 0.3) is 0 Å². The summed E-state index contributed by atoms with van der Waals surface area (Å²) in [4.78, 5) is 15.2. The minimum Gasteiger partial charge on any atom is -0.321 e. The fraction of sp³-hybridized carbons (Fsp3) is 0.333. The molecule has 1 aromatic heterocycles. The van der Waals surface area contributed by atoms with Crippen molar-refractivity contribution in [3.05, 3.63) is 53.4 Å². The maximum Gasteiger partial charge on any atom is 0.185 e. The second-order valence-electron chi connectivity index (χ2n) is 4.68. The Balaban J connectivity index is 2.34. The molecule has 0 aliphatic rings. The summed E-state index contributed by atoms with van der Waals surface area (Å²) in [7, 11) is 0. The van der Waals surface area contributed by atoms with Gasteiger partial charge in [0.15, 0.2) is 12.1 Å². The Morgan fingerprint density at radius 2 is 2.05 bits per heavy atom. The quantitative estimate of drug-likeness (QED) is 0.772. The largest absolute Gasteiger partial charge is 0.321 e. The zero-order valence-corrected chi connectivity index (χ0v) is 11.1. The first-order valence-corrected chi connectivity index (χ1v) is 6.40. The first-order valence-electron chi connectivity index (χ1n) is 6.40. The Bertz CT molecular complexity index is 560. The topological polar surface area (TPSA) is 34.9 Å². The van der Waals surface area contributed by atoms with Gasteiger partial charge < -0.3 is 4.57 Å². The van der Waals surface area contributed by atoms with Crippen LogP contribution in [0.1, 0.15) is 48.1 Å². The molecule has 1 aromatic carbocycles. The second kappa shape index (κ2) is 5.78. The molecular weight excluding hydrogens is 243 g/mol. The van der Waals surface area contributed by atoms with E-state index in [1.54, 1.807) is 18.3 Å². The summed E-state index contributed by atoms with van der Waals surface area (Å²) in [6.07, 6.45) is 3.49. The Hall–Kier alpha value is -1.97. The monoisotopic (exact) mass is 260 g/mol. The number of aldehydes is 1. The lowest BCUT2D eigenvalue weighted by Gasteiger charge is -2.14. The number of rotatable bonds is 5. The highest BCUT2D eigenvalue weighted by atomic mass is 19.1. The third kappa shape index (κ3) is 2.89. The van der Waals surface area contributed by atoms with Gasteiger partial charge in [0, 0.05) is 18.4 Å². The van der Waals surface area contributed by atoms with Crippen molar-refractivity contribution in [2.45, 2.75) is 32.7 Å². The average Bonchev–Trinajstić information content (AvgIpc) is 2.83. The standard InChI is InChI=1S/C15H17FN2O/c1-3-11(2)14-8-17-15(10-19)18(14)9-12-4-6-13(16)7-5-12/h4-8,10-11H,3,9H2,1-2H3. The van der Waals surface area contributed by atoms with Crippen molar-refractivity contribution in [3.8, 4) is 0 Å². The molecule has 0 spiro atoms. The summed E-state index contributed by atoms with van der Waals surface area (Å²) >= 11 is 0. The zero-order chi connectivity index (χ0) is 13.8. The SMILES string of the molecule is CCC(C)c1cnc(C=O)n1Cc1ccc(F)cc1. The zero-order valence-electron chi connectivity index (χ0n) is 11.1. The molecule has 1 unspecified atom stereocenters. The Morgan fingerprint density at radius 1 is 1.37 bits per heavy atom. The van der Waals surface area contributed by atoms with E-state index in [4.69, 9.17) is 0 Å². The first kappa shape index (κ1) is 13.5. The predicted molar refractivity (Wildman–Crippen MR) is 71.8 cm³/mol. The molecule has 2 rings (SSSR count). The van der Waals surface area contributed by atoms with Crippen molar-refractivity contribution < 1.29 is 9.18 Å². The lowest BCUT2D eigenvalue weighted by molar-refractivity contribution is 0.111. The summed E-state index contributed by atoms with van der Waals surface area (Å²) < 4.78 is 14.8. The van der Waals surface area contributed by atoms with Crippen LogP contribution in [0.5, 0.6) is 0 Å². The van der Waals surface area contributed by atoms with Crippen LogP contribution in [-0.2, 0) is 6.54 Å². The van der Waals surface area contributed by atoms with Gasteiger partial charge in [-0.3, -0.25) is 4.79 Å². The van der Waals surface area contributed by atoms with E-state index < -0.39 is 0 Å². The summed E-state index contributed by atoms with van der Waals surface area (Å²) in [5.74, 6) is 0.494. The molecule has 0 radical (unpaired) electrons. The number of benzene rings is 1. The Kier molecular flexibility index (Phi) is 4.10. The second-order valence-corrected chi connectivity index (χ2v) is 4.68. The molecule has 1 atom stereocenters. The van der Waals surface area contributed by atoms with E-state index >= 15 is 0 Å². The highest BCUT2D eigenvalue weighted by molar-refractivity contribution is 5.69. The molecule has 0 saturated carbocycles. The van der Waals surface area contributed by atoms with Gasteiger partial charge in [0.05, 0.1) is 0 Å². The number of hydrogen-bond donors (Lipinski definition) is 0. The molecule has 4 heteroatoms. The highest BCUT2D eigenvalue weighted by Crippen LogP contribution is 2.21. The van der Waals surface area contributed by atoms with Crippen molar-refractivity contribution in [1.29, 1.82) is 0 Å². The molecule has 1 heterocycles. The molecule has 0 aliphatic heterocycles. The molecule has 3 nitrogen and oxygen atoms in total. The smallest absolute Gasteiger partial charge is 0.185 e. The van der Waals surface area contributed by atoms with E-state index in [-0.39, 0.29) is 5.82 Å². The first-order chi connectivity index (χ1) is 9.15. The fourth-order valence-electron chi connectivity index (χ4n) is 2.05. The lowest BCUT2D eigenvalue weighted by atomic mass is 10.1. The summed E-state index contributed by atoms with van der Waals surface area (Å²) in [5.41, 5.74) is 1.99. The van der Waals surface area contributed by atoms with Crippen LogP contribution in [0.2, 0.25) is 0 Å². The third-order valence-electron chi connectivity index (χ3n) is 3.39. The van der Waals surface area contributed by atoms with Gasteiger partial charge in [0.1, 0.15) is 5.82 Å². The van der Waals surface area contributed by atoms with Gasteiger partial charge in [-0.05, 0) is 30.0 Å². The minimum atomic E-state index is -0.257. The van der Waals surface area contributed by atoms with Gasteiger partial charge in [-0.2, -0.15) is 0 Å². The normalized spacial score (nSPS) is 12.4. The summed E-state index contributed by atoms with van der Waals surface area (Å²) in [6, 6.07) is 6.31. The van der Waals surface area contributed by atoms with E-state index in [2.05, 4.69) is 18.8 Å². The third-order valence-corrected chi connectivity index (χ3v) is 3.39. The van der Waals surface area contributed by atoms with Crippen LogP contribution >= 0.6 is 0 Å². The number of aromatic nitrogens is 2. The molecule has 100 valence electrons. The van der Waals surface area contributed by atoms with E-state index in [0.29, 0.717) is 18.3 Å². The predicted octanol–water partition coefficient (Wildman–Crippen LogP) is 3.40. The van der Waals surface area contributed by atoms with Gasteiger partial charge in [0.2, 0.25) is 0 Å². The van der Waals surface area contributed by atoms with Crippen molar-refractivity contribution >= 4 is 6.29 Å². The van der Waals surface area contributed by atoms with Crippen molar-refractivity contribution in [3.63, 3.8) is 0 Å². The van der Waals surface area contributed by atoms with E-state index in [0.717, 1.165) is 24.0 Å². The maximum absolute atomic E-state index is 12.9. The number of halogens is 1. The van der Waals surface area contributed by atoms with E-state index in [1.807, 2.05) is 4.57 Å². The van der Waals surface area contributed by atoms with Gasteiger partial charge in [-0.15, -0.1) is 0 Å². The molecule has 19 heavy (non-hydrogen) atoms. The van der Waals surface area contributed by atoms with E-state index in [1.165, 1.54) is 12.1 Å². The number of hydrogen-bond acceptors (Lipinski definition) is 2. The molecule has 0 saturated heterocycles. The minimum absolute atomic E-state index is 0.257. The van der Waals surface area contributed by atoms with Crippen molar-refractivity contribution in [1.82, 2.24) is 9.55 Å².